The predicted octanol–water partition coefficient (Wildman–Crippen LogP) is 2.18. The lowest BCUT2D eigenvalue weighted by Crippen LogP contribution is -1.96. The molecule has 1 N–H and O–H groups in total. The van der Waals surface area contributed by atoms with Crippen molar-refractivity contribution in [3.8, 4) is 0 Å². The van der Waals surface area contributed by atoms with E-state index in [1.165, 1.54) is 6.42 Å². The van der Waals surface area contributed by atoms with E-state index in [2.05, 4.69) is 22.9 Å². The summed E-state index contributed by atoms with van der Waals surface area (Å²) in [5, 5.41) is 9.55. The van der Waals surface area contributed by atoms with E-state index in [0.717, 1.165) is 24.1 Å². The first-order valence-electron chi connectivity index (χ1n) is 3.48. The van der Waals surface area contributed by atoms with Crippen LogP contribution in [0.3, 0.4) is 0 Å². The molecule has 1 nitrogen and oxygen atoms in total. The van der Waals surface area contributed by atoms with Gasteiger partial charge in [0.15, 0.2) is 0 Å². The fraction of sp³-hybridized carbons (Fsp3) is 1.00. The van der Waals surface area contributed by atoms with Crippen molar-refractivity contribution in [2.24, 2.45) is 5.92 Å². The summed E-state index contributed by atoms with van der Waals surface area (Å²) in [7, 11) is 0. The lowest BCUT2D eigenvalue weighted by atomic mass is 10.0. The normalized spacial score (nSPS) is 13.7. The van der Waals surface area contributed by atoms with Crippen LogP contribution in [0, 0.1) is 5.92 Å². The third kappa shape index (κ3) is 6.32. The van der Waals surface area contributed by atoms with Crippen molar-refractivity contribution in [1.29, 1.82) is 0 Å². The monoisotopic (exact) mass is 194 g/mol. The van der Waals surface area contributed by atoms with Crippen molar-refractivity contribution in [3.63, 3.8) is 0 Å². The molecule has 1 atom stereocenters. The van der Waals surface area contributed by atoms with Crippen LogP contribution < -0.4 is 0 Å². The zero-order valence-corrected chi connectivity index (χ0v) is 7.52. The molecule has 56 valence electrons. The van der Waals surface area contributed by atoms with Gasteiger partial charge in [0.2, 0.25) is 0 Å². The molecule has 0 aliphatic rings. The fourth-order valence-electron chi connectivity index (χ4n) is 0.770. The Balaban J connectivity index is 2.95. The van der Waals surface area contributed by atoms with Crippen molar-refractivity contribution < 1.29 is 5.11 Å². The molecule has 0 aromatic heterocycles. The van der Waals surface area contributed by atoms with Gasteiger partial charge < -0.3 is 5.11 Å². The summed E-state index contributed by atoms with van der Waals surface area (Å²) >= 11 is 3.38. The summed E-state index contributed by atoms with van der Waals surface area (Å²) in [4.78, 5) is 0. The highest BCUT2D eigenvalue weighted by molar-refractivity contribution is 9.09. The third-order valence-electron chi connectivity index (χ3n) is 1.46. The molecule has 0 unspecified atom stereocenters. The number of halogens is 1. The lowest BCUT2D eigenvalue weighted by molar-refractivity contribution is 0.273. The van der Waals surface area contributed by atoms with Gasteiger partial charge in [0.25, 0.3) is 0 Å². The number of aliphatic hydroxyl groups excluding tert-OH is 1. The van der Waals surface area contributed by atoms with Crippen molar-refractivity contribution in [2.45, 2.75) is 26.2 Å². The van der Waals surface area contributed by atoms with Gasteiger partial charge in [0, 0.05) is 11.9 Å². The van der Waals surface area contributed by atoms with Crippen LogP contribution in [0.4, 0.5) is 0 Å². The topological polar surface area (TPSA) is 20.2 Å². The minimum absolute atomic E-state index is 0.340. The summed E-state index contributed by atoms with van der Waals surface area (Å²) in [6.07, 6.45) is 3.33. The minimum atomic E-state index is 0.340. The number of rotatable bonds is 5. The molecule has 0 saturated carbocycles. The number of hydrogen-bond donors (Lipinski definition) is 1. The van der Waals surface area contributed by atoms with E-state index in [1.54, 1.807) is 0 Å². The van der Waals surface area contributed by atoms with Crippen LogP contribution in [-0.2, 0) is 0 Å². The molecular formula is C7H15BrO. The Morgan fingerprint density at radius 3 is 2.56 bits per heavy atom. The van der Waals surface area contributed by atoms with Gasteiger partial charge in [-0.1, -0.05) is 22.9 Å². The molecule has 0 aliphatic carbocycles. The smallest absolute Gasteiger partial charge is 0.0431 e. The van der Waals surface area contributed by atoms with E-state index < -0.39 is 0 Å². The third-order valence-corrected chi connectivity index (χ3v) is 1.91. The first-order chi connectivity index (χ1) is 4.31. The first kappa shape index (κ1) is 9.44. The van der Waals surface area contributed by atoms with E-state index in [1.807, 2.05) is 0 Å². The largest absolute Gasteiger partial charge is 0.396 e. The fourth-order valence-corrected chi connectivity index (χ4v) is 1.55. The second-order valence-corrected chi connectivity index (χ2v) is 3.24. The molecule has 0 heterocycles. The Labute approximate surface area is 65.6 Å². The van der Waals surface area contributed by atoms with Crippen LogP contribution in [0.5, 0.6) is 0 Å². The molecule has 0 amide bonds. The molecule has 0 aliphatic heterocycles. The van der Waals surface area contributed by atoms with Crippen LogP contribution in [-0.4, -0.2) is 17.0 Å². The van der Waals surface area contributed by atoms with Crippen LogP contribution in [0.15, 0.2) is 0 Å². The van der Waals surface area contributed by atoms with Crippen LogP contribution in [0.2, 0.25) is 0 Å². The van der Waals surface area contributed by atoms with Crippen molar-refractivity contribution in [1.82, 2.24) is 0 Å². The second-order valence-electron chi connectivity index (χ2n) is 2.45. The molecule has 9 heavy (non-hydrogen) atoms. The maximum Gasteiger partial charge on any atom is 0.0431 e. The maximum atomic E-state index is 8.47. The van der Waals surface area contributed by atoms with Crippen LogP contribution in [0.25, 0.3) is 0 Å². The van der Waals surface area contributed by atoms with E-state index in [4.69, 9.17) is 5.11 Å². The molecule has 0 aromatic carbocycles. The van der Waals surface area contributed by atoms with E-state index >= 15 is 0 Å². The summed E-state index contributed by atoms with van der Waals surface area (Å²) in [6.45, 7) is 2.56. The highest BCUT2D eigenvalue weighted by Crippen LogP contribution is 2.10. The maximum absolute atomic E-state index is 8.47. The van der Waals surface area contributed by atoms with Crippen LogP contribution in [0.1, 0.15) is 26.2 Å². The van der Waals surface area contributed by atoms with Gasteiger partial charge in [-0.05, 0) is 25.2 Å². The van der Waals surface area contributed by atoms with Gasteiger partial charge in [-0.15, -0.1) is 0 Å². The Morgan fingerprint density at radius 2 is 2.11 bits per heavy atom. The zero-order chi connectivity index (χ0) is 7.11. The van der Waals surface area contributed by atoms with Crippen molar-refractivity contribution in [2.75, 3.05) is 11.9 Å². The Bertz CT molecular complexity index is 56.9. The summed E-state index contributed by atoms with van der Waals surface area (Å²) < 4.78 is 0. The molecule has 0 saturated heterocycles. The van der Waals surface area contributed by atoms with Gasteiger partial charge in [-0.3, -0.25) is 0 Å². The SMILES string of the molecule is C[C@@H](CCBr)CCCO. The summed E-state index contributed by atoms with van der Waals surface area (Å²) in [6, 6.07) is 0. The van der Waals surface area contributed by atoms with Crippen molar-refractivity contribution >= 4 is 15.9 Å². The summed E-state index contributed by atoms with van der Waals surface area (Å²) in [5.74, 6) is 0.761. The quantitative estimate of drug-likeness (QED) is 0.666. The van der Waals surface area contributed by atoms with Crippen molar-refractivity contribution in [3.05, 3.63) is 0 Å². The summed E-state index contributed by atoms with van der Waals surface area (Å²) in [5.41, 5.74) is 0. The van der Waals surface area contributed by atoms with Gasteiger partial charge in [0.05, 0.1) is 0 Å². The molecular weight excluding hydrogens is 180 g/mol. The average Bonchev–Trinajstić information content (AvgIpc) is 1.85. The Hall–Kier alpha value is 0.440. The number of hydrogen-bond acceptors (Lipinski definition) is 1. The Kier molecular flexibility index (Phi) is 6.88. The highest BCUT2D eigenvalue weighted by atomic mass is 79.9. The van der Waals surface area contributed by atoms with Gasteiger partial charge in [-0.25, -0.2) is 0 Å². The van der Waals surface area contributed by atoms with E-state index in [-0.39, 0.29) is 0 Å². The lowest BCUT2D eigenvalue weighted by Gasteiger charge is -2.06. The molecule has 0 fully saturated rings. The molecule has 0 bridgehead atoms. The first-order valence-corrected chi connectivity index (χ1v) is 4.60. The zero-order valence-electron chi connectivity index (χ0n) is 5.94. The number of alkyl halides is 1. The molecule has 0 rings (SSSR count). The van der Waals surface area contributed by atoms with Gasteiger partial charge in [-0.2, -0.15) is 0 Å². The average molecular weight is 195 g/mol. The molecule has 2 heteroatoms. The molecule has 0 radical (unpaired) electrons. The minimum Gasteiger partial charge on any atom is -0.396 e. The van der Waals surface area contributed by atoms with Gasteiger partial charge >= 0.3 is 0 Å². The second kappa shape index (κ2) is 6.56. The van der Waals surface area contributed by atoms with E-state index in [9.17, 15) is 0 Å². The number of aliphatic hydroxyl groups is 1. The predicted molar refractivity (Wildman–Crippen MR) is 43.9 cm³/mol. The van der Waals surface area contributed by atoms with E-state index in [0.29, 0.717) is 6.61 Å². The molecule has 0 spiro atoms. The Morgan fingerprint density at radius 1 is 1.44 bits per heavy atom. The van der Waals surface area contributed by atoms with Crippen LogP contribution >= 0.6 is 15.9 Å². The van der Waals surface area contributed by atoms with Gasteiger partial charge in [0.1, 0.15) is 0 Å². The molecule has 0 aromatic rings. The highest BCUT2D eigenvalue weighted by Gasteiger charge is 1.98. The standard InChI is InChI=1S/C7H15BrO/c1-7(4-5-8)3-2-6-9/h7,9H,2-6H2,1H3/t7-/m1/s1.